The number of aromatic nitrogens is 4. The Morgan fingerprint density at radius 3 is 2.73 bits per heavy atom. The number of nitrogens with zero attached hydrogens (tertiary/aromatic N) is 3. The molecule has 1 atom stereocenters. The van der Waals surface area contributed by atoms with Crippen molar-refractivity contribution in [2.45, 2.75) is 26.5 Å². The second kappa shape index (κ2) is 10.1. The van der Waals surface area contributed by atoms with Gasteiger partial charge in [0.25, 0.3) is 5.91 Å². The van der Waals surface area contributed by atoms with E-state index in [4.69, 9.17) is 18.9 Å². The predicted molar refractivity (Wildman–Crippen MR) is 125 cm³/mol. The SMILES string of the molecule is Cc1nc([C@@H](C)Oc2ccc(CNC(=O)c3cc(F)cnc3Oc3ccc4c(c3)OCO4)c(F)c2)n[nH]1. The molecule has 37 heavy (non-hydrogen) atoms. The number of aromatic amines is 1. The zero-order chi connectivity index (χ0) is 25.9. The highest BCUT2D eigenvalue weighted by molar-refractivity contribution is 5.96. The van der Waals surface area contributed by atoms with Gasteiger partial charge in [0.2, 0.25) is 12.7 Å². The zero-order valence-corrected chi connectivity index (χ0v) is 19.7. The third-order valence-electron chi connectivity index (χ3n) is 5.38. The predicted octanol–water partition coefficient (Wildman–Crippen LogP) is 4.38. The van der Waals surface area contributed by atoms with E-state index in [2.05, 4.69) is 25.5 Å². The van der Waals surface area contributed by atoms with Gasteiger partial charge >= 0.3 is 0 Å². The van der Waals surface area contributed by atoms with E-state index >= 15 is 0 Å². The summed E-state index contributed by atoms with van der Waals surface area (Å²) in [5.41, 5.74) is 0.0401. The number of ether oxygens (including phenoxy) is 4. The Morgan fingerprint density at radius 1 is 1.14 bits per heavy atom. The molecule has 3 heterocycles. The third-order valence-corrected chi connectivity index (χ3v) is 5.38. The molecule has 5 rings (SSSR count). The lowest BCUT2D eigenvalue weighted by molar-refractivity contribution is 0.0947. The Morgan fingerprint density at radius 2 is 1.95 bits per heavy atom. The van der Waals surface area contributed by atoms with Gasteiger partial charge in [-0.2, -0.15) is 5.10 Å². The molecule has 0 bridgehead atoms. The van der Waals surface area contributed by atoms with Gasteiger partial charge < -0.3 is 24.3 Å². The lowest BCUT2D eigenvalue weighted by Gasteiger charge is -2.13. The summed E-state index contributed by atoms with van der Waals surface area (Å²) in [5, 5.41) is 9.32. The Hall–Kier alpha value is -4.74. The minimum Gasteiger partial charge on any atom is -0.483 e. The summed E-state index contributed by atoms with van der Waals surface area (Å²) < 4.78 is 50.6. The highest BCUT2D eigenvalue weighted by Gasteiger charge is 2.20. The summed E-state index contributed by atoms with van der Waals surface area (Å²) in [6.07, 6.45) is 0.428. The molecule has 0 aliphatic carbocycles. The van der Waals surface area contributed by atoms with E-state index in [1.54, 1.807) is 38.1 Å². The van der Waals surface area contributed by atoms with E-state index in [1.165, 1.54) is 12.1 Å². The van der Waals surface area contributed by atoms with Gasteiger partial charge in [-0.05, 0) is 38.1 Å². The highest BCUT2D eigenvalue weighted by atomic mass is 19.1. The first kappa shape index (κ1) is 24.0. The van der Waals surface area contributed by atoms with Gasteiger partial charge in [0.05, 0.1) is 6.20 Å². The van der Waals surface area contributed by atoms with Crippen LogP contribution < -0.4 is 24.3 Å². The van der Waals surface area contributed by atoms with Crippen LogP contribution in [0.2, 0.25) is 0 Å². The van der Waals surface area contributed by atoms with Crippen LogP contribution in [0.25, 0.3) is 0 Å². The summed E-state index contributed by atoms with van der Waals surface area (Å²) in [5.74, 6) is 0.546. The Labute approximate surface area is 209 Å². The molecule has 2 aromatic carbocycles. The number of halogens is 2. The van der Waals surface area contributed by atoms with Gasteiger partial charge in [0.15, 0.2) is 23.4 Å². The number of nitrogens with one attached hydrogen (secondary N) is 2. The van der Waals surface area contributed by atoms with Crippen LogP contribution in [0.5, 0.6) is 28.9 Å². The van der Waals surface area contributed by atoms with E-state index in [-0.39, 0.29) is 36.1 Å². The van der Waals surface area contributed by atoms with Crippen molar-refractivity contribution in [3.63, 3.8) is 0 Å². The maximum atomic E-state index is 14.7. The van der Waals surface area contributed by atoms with Crippen LogP contribution in [0.3, 0.4) is 0 Å². The van der Waals surface area contributed by atoms with Crippen molar-refractivity contribution in [3.8, 4) is 28.9 Å². The van der Waals surface area contributed by atoms with Crippen molar-refractivity contribution in [2.75, 3.05) is 6.79 Å². The van der Waals surface area contributed by atoms with Crippen molar-refractivity contribution >= 4 is 5.91 Å². The Bertz CT molecular complexity index is 1460. The first-order valence-corrected chi connectivity index (χ1v) is 11.2. The quantitative estimate of drug-likeness (QED) is 0.359. The van der Waals surface area contributed by atoms with Crippen LogP contribution >= 0.6 is 0 Å². The fraction of sp³-hybridized carbons (Fsp3) is 0.200. The van der Waals surface area contributed by atoms with Gasteiger partial charge in [-0.25, -0.2) is 18.7 Å². The van der Waals surface area contributed by atoms with Crippen molar-refractivity contribution < 1.29 is 32.5 Å². The lowest BCUT2D eigenvalue weighted by atomic mass is 10.2. The van der Waals surface area contributed by atoms with Gasteiger partial charge in [-0.3, -0.25) is 9.89 Å². The fourth-order valence-corrected chi connectivity index (χ4v) is 3.54. The number of hydrogen-bond donors (Lipinski definition) is 2. The van der Waals surface area contributed by atoms with Crippen molar-refractivity contribution in [3.05, 3.63) is 83.1 Å². The molecule has 2 aromatic heterocycles. The minimum absolute atomic E-state index is 0.0882. The molecule has 0 fully saturated rings. The largest absolute Gasteiger partial charge is 0.483 e. The summed E-state index contributed by atoms with van der Waals surface area (Å²) >= 11 is 0. The number of H-pyrrole nitrogens is 1. The molecule has 10 nitrogen and oxygen atoms in total. The van der Waals surface area contributed by atoms with E-state index in [1.807, 2.05) is 0 Å². The number of aryl methyl sites for hydroxylation is 1. The molecule has 12 heteroatoms. The summed E-state index contributed by atoms with van der Waals surface area (Å²) in [6, 6.07) is 10.1. The molecule has 1 aliphatic rings. The molecule has 4 aromatic rings. The summed E-state index contributed by atoms with van der Waals surface area (Å²) in [7, 11) is 0. The number of rotatable bonds is 8. The molecule has 190 valence electrons. The van der Waals surface area contributed by atoms with Crippen LogP contribution in [-0.4, -0.2) is 32.9 Å². The number of carbonyl (C=O) groups excluding carboxylic acids is 1. The second-order valence-electron chi connectivity index (χ2n) is 8.10. The molecular formula is C25H21F2N5O5. The Balaban J connectivity index is 1.25. The zero-order valence-electron chi connectivity index (χ0n) is 19.7. The molecule has 0 saturated heterocycles. The number of hydrogen-bond acceptors (Lipinski definition) is 8. The van der Waals surface area contributed by atoms with Crippen molar-refractivity contribution in [2.24, 2.45) is 0 Å². The molecule has 1 aliphatic heterocycles. The standard InChI is InChI=1S/C25H21F2N5O5/c1-13(23-30-14(2)31-32-23)36-17-4-3-15(20(27)8-17)10-28-24(33)19-7-16(26)11-29-25(19)37-18-5-6-21-22(9-18)35-12-34-21/h3-9,11,13H,10,12H2,1-2H3,(H,28,33)(H,30,31,32)/t13-/m1/s1. The number of amides is 1. The fourth-order valence-electron chi connectivity index (χ4n) is 3.54. The Kier molecular flexibility index (Phi) is 6.54. The van der Waals surface area contributed by atoms with Crippen LogP contribution in [-0.2, 0) is 6.54 Å². The topological polar surface area (TPSA) is 120 Å². The van der Waals surface area contributed by atoms with Gasteiger partial charge in [0.1, 0.15) is 34.5 Å². The maximum absolute atomic E-state index is 14.7. The average molecular weight is 509 g/mol. The van der Waals surface area contributed by atoms with E-state index < -0.39 is 23.6 Å². The maximum Gasteiger partial charge on any atom is 0.257 e. The number of pyridine rings is 1. The van der Waals surface area contributed by atoms with Gasteiger partial charge in [0, 0.05) is 24.2 Å². The summed E-state index contributed by atoms with van der Waals surface area (Å²) in [6.45, 7) is 3.43. The number of carbonyl (C=O) groups is 1. The molecule has 0 saturated carbocycles. The van der Waals surface area contributed by atoms with Gasteiger partial charge in [-0.1, -0.05) is 6.07 Å². The van der Waals surface area contributed by atoms with Crippen LogP contribution in [0, 0.1) is 18.6 Å². The highest BCUT2D eigenvalue weighted by Crippen LogP contribution is 2.36. The monoisotopic (exact) mass is 509 g/mol. The van der Waals surface area contributed by atoms with E-state index in [0.29, 0.717) is 28.9 Å². The normalized spacial score (nSPS) is 12.8. The lowest BCUT2D eigenvalue weighted by Crippen LogP contribution is -2.24. The van der Waals surface area contributed by atoms with E-state index in [0.717, 1.165) is 12.3 Å². The first-order chi connectivity index (χ1) is 17.9. The molecule has 1 amide bonds. The smallest absolute Gasteiger partial charge is 0.257 e. The molecule has 2 N–H and O–H groups in total. The van der Waals surface area contributed by atoms with Crippen LogP contribution in [0.4, 0.5) is 8.78 Å². The number of benzene rings is 2. The first-order valence-electron chi connectivity index (χ1n) is 11.2. The minimum atomic E-state index is -0.730. The molecular weight excluding hydrogens is 488 g/mol. The molecule has 0 radical (unpaired) electrons. The van der Waals surface area contributed by atoms with E-state index in [9.17, 15) is 13.6 Å². The van der Waals surface area contributed by atoms with Crippen LogP contribution in [0.15, 0.2) is 48.7 Å². The molecule has 0 unspecified atom stereocenters. The van der Waals surface area contributed by atoms with Crippen molar-refractivity contribution in [1.82, 2.24) is 25.5 Å². The molecule has 0 spiro atoms. The summed E-state index contributed by atoms with van der Waals surface area (Å²) in [4.78, 5) is 20.9. The van der Waals surface area contributed by atoms with Crippen molar-refractivity contribution in [1.29, 1.82) is 0 Å². The van der Waals surface area contributed by atoms with Gasteiger partial charge in [-0.15, -0.1) is 0 Å². The average Bonchev–Trinajstić information content (AvgIpc) is 3.53. The van der Waals surface area contributed by atoms with Crippen LogP contribution in [0.1, 0.15) is 40.6 Å². The number of fused-ring (bicyclic) bond motifs is 1. The third kappa shape index (κ3) is 5.42. The second-order valence-corrected chi connectivity index (χ2v) is 8.10.